The number of benzene rings is 1. The zero-order chi connectivity index (χ0) is 18.8. The van der Waals surface area contributed by atoms with Crippen molar-refractivity contribution >= 4 is 28.6 Å². The van der Waals surface area contributed by atoms with E-state index in [0.717, 1.165) is 0 Å². The SMILES string of the molecule is COC(=O)c1cc(CSc2nc3ccccc3c(=O)n2C(C)C)oc1C. The Labute approximate surface area is 155 Å². The average Bonchev–Trinajstić information content (AvgIpc) is 2.99. The summed E-state index contributed by atoms with van der Waals surface area (Å²) in [5.74, 6) is 1.17. The maximum atomic E-state index is 12.8. The number of rotatable bonds is 5. The van der Waals surface area contributed by atoms with Crippen LogP contribution in [0.1, 0.15) is 41.8 Å². The lowest BCUT2D eigenvalue weighted by Gasteiger charge is -2.15. The lowest BCUT2D eigenvalue weighted by molar-refractivity contribution is 0.0599. The van der Waals surface area contributed by atoms with E-state index in [9.17, 15) is 9.59 Å². The third-order valence-corrected chi connectivity index (χ3v) is 4.98. The molecular formula is C19H20N2O4S. The topological polar surface area (TPSA) is 74.3 Å². The Hall–Kier alpha value is -2.54. The van der Waals surface area contributed by atoms with Crippen molar-refractivity contribution in [3.8, 4) is 0 Å². The highest BCUT2D eigenvalue weighted by Crippen LogP contribution is 2.26. The maximum Gasteiger partial charge on any atom is 0.341 e. The van der Waals surface area contributed by atoms with Gasteiger partial charge in [-0.2, -0.15) is 0 Å². The highest BCUT2D eigenvalue weighted by molar-refractivity contribution is 7.98. The van der Waals surface area contributed by atoms with E-state index in [4.69, 9.17) is 9.15 Å². The van der Waals surface area contributed by atoms with Crippen molar-refractivity contribution in [1.29, 1.82) is 0 Å². The van der Waals surface area contributed by atoms with Crippen LogP contribution in [0.2, 0.25) is 0 Å². The van der Waals surface area contributed by atoms with E-state index in [0.29, 0.717) is 38.9 Å². The summed E-state index contributed by atoms with van der Waals surface area (Å²) in [5.41, 5.74) is 1.03. The predicted molar refractivity (Wildman–Crippen MR) is 101 cm³/mol. The monoisotopic (exact) mass is 372 g/mol. The molecule has 0 radical (unpaired) electrons. The van der Waals surface area contributed by atoms with Crippen LogP contribution in [0.5, 0.6) is 0 Å². The molecule has 0 aliphatic rings. The molecule has 0 unspecified atom stereocenters. The smallest absolute Gasteiger partial charge is 0.341 e. The molecular weight excluding hydrogens is 352 g/mol. The molecule has 0 spiro atoms. The van der Waals surface area contributed by atoms with Gasteiger partial charge in [0.1, 0.15) is 17.1 Å². The molecule has 0 atom stereocenters. The Morgan fingerprint density at radius 3 is 2.77 bits per heavy atom. The predicted octanol–water partition coefficient (Wildman–Crippen LogP) is 3.96. The van der Waals surface area contributed by atoms with Crippen molar-refractivity contribution in [2.24, 2.45) is 0 Å². The van der Waals surface area contributed by atoms with Crippen LogP contribution in [-0.4, -0.2) is 22.6 Å². The standard InChI is InChI=1S/C19H20N2O4S/c1-11(2)21-17(22)14-7-5-6-8-16(14)20-19(21)26-10-13-9-15(12(3)25-13)18(23)24-4/h5-9,11H,10H2,1-4H3. The molecule has 136 valence electrons. The molecule has 0 saturated heterocycles. The first-order valence-corrected chi connectivity index (χ1v) is 9.22. The van der Waals surface area contributed by atoms with Gasteiger partial charge >= 0.3 is 5.97 Å². The molecule has 26 heavy (non-hydrogen) atoms. The molecule has 2 aromatic heterocycles. The molecule has 0 N–H and O–H groups in total. The van der Waals surface area contributed by atoms with Crippen LogP contribution in [0.25, 0.3) is 10.9 Å². The van der Waals surface area contributed by atoms with E-state index in [1.54, 1.807) is 23.6 Å². The third-order valence-electron chi connectivity index (χ3n) is 4.01. The number of para-hydroxylation sites is 1. The quantitative estimate of drug-likeness (QED) is 0.383. The summed E-state index contributed by atoms with van der Waals surface area (Å²) in [6.07, 6.45) is 0. The van der Waals surface area contributed by atoms with Gasteiger partial charge in [-0.3, -0.25) is 9.36 Å². The van der Waals surface area contributed by atoms with Crippen molar-refractivity contribution < 1.29 is 13.9 Å². The number of aryl methyl sites for hydroxylation is 1. The average molecular weight is 372 g/mol. The number of hydrogen-bond acceptors (Lipinski definition) is 6. The number of esters is 1. The zero-order valence-corrected chi connectivity index (χ0v) is 15.9. The number of hydrogen-bond donors (Lipinski definition) is 0. The summed E-state index contributed by atoms with van der Waals surface area (Å²) >= 11 is 1.40. The fourth-order valence-corrected chi connectivity index (χ4v) is 3.76. The van der Waals surface area contributed by atoms with Crippen molar-refractivity contribution in [2.75, 3.05) is 7.11 Å². The fourth-order valence-electron chi connectivity index (χ4n) is 2.75. The summed E-state index contributed by atoms with van der Waals surface area (Å²) in [5, 5.41) is 1.23. The number of ether oxygens (including phenoxy) is 1. The van der Waals surface area contributed by atoms with Crippen LogP contribution >= 0.6 is 11.8 Å². The largest absolute Gasteiger partial charge is 0.465 e. The molecule has 3 aromatic rings. The highest BCUT2D eigenvalue weighted by Gasteiger charge is 2.18. The van der Waals surface area contributed by atoms with E-state index >= 15 is 0 Å². The van der Waals surface area contributed by atoms with E-state index in [-0.39, 0.29) is 11.6 Å². The van der Waals surface area contributed by atoms with Gasteiger partial charge in [-0.05, 0) is 39.0 Å². The van der Waals surface area contributed by atoms with Crippen LogP contribution in [0.4, 0.5) is 0 Å². The Kier molecular flexibility index (Phi) is 5.18. The summed E-state index contributed by atoms with van der Waals surface area (Å²) in [6.45, 7) is 5.63. The van der Waals surface area contributed by atoms with Crippen LogP contribution in [-0.2, 0) is 10.5 Å². The second-order valence-electron chi connectivity index (χ2n) is 6.14. The Morgan fingerprint density at radius 2 is 2.08 bits per heavy atom. The lowest BCUT2D eigenvalue weighted by Crippen LogP contribution is -2.25. The van der Waals surface area contributed by atoms with E-state index in [1.807, 2.05) is 32.0 Å². The molecule has 6 nitrogen and oxygen atoms in total. The van der Waals surface area contributed by atoms with Crippen molar-refractivity contribution in [3.63, 3.8) is 0 Å². The normalized spacial score (nSPS) is 11.3. The summed E-state index contributed by atoms with van der Waals surface area (Å²) in [4.78, 5) is 29.2. The number of aromatic nitrogens is 2. The van der Waals surface area contributed by atoms with Gasteiger partial charge in [0.25, 0.3) is 5.56 Å². The van der Waals surface area contributed by atoms with Crippen molar-refractivity contribution in [1.82, 2.24) is 9.55 Å². The molecule has 3 rings (SSSR count). The van der Waals surface area contributed by atoms with Gasteiger partial charge in [-0.15, -0.1) is 0 Å². The van der Waals surface area contributed by atoms with E-state index in [2.05, 4.69) is 4.98 Å². The van der Waals surface area contributed by atoms with E-state index < -0.39 is 5.97 Å². The van der Waals surface area contributed by atoms with Gasteiger partial charge in [0.15, 0.2) is 5.16 Å². The molecule has 0 bridgehead atoms. The minimum absolute atomic E-state index is 0.0222. The second kappa shape index (κ2) is 7.37. The minimum Gasteiger partial charge on any atom is -0.465 e. The van der Waals surface area contributed by atoms with Crippen molar-refractivity contribution in [2.45, 2.75) is 37.7 Å². The van der Waals surface area contributed by atoms with Gasteiger partial charge in [-0.25, -0.2) is 9.78 Å². The third kappa shape index (κ3) is 3.39. The summed E-state index contributed by atoms with van der Waals surface area (Å²) in [6, 6.07) is 8.97. The fraction of sp³-hybridized carbons (Fsp3) is 0.316. The Bertz CT molecular complexity index is 1020. The number of thioether (sulfide) groups is 1. The number of methoxy groups -OCH3 is 1. The molecule has 0 aliphatic heterocycles. The van der Waals surface area contributed by atoms with Crippen LogP contribution in [0.15, 0.2) is 44.7 Å². The molecule has 0 saturated carbocycles. The first-order chi connectivity index (χ1) is 12.4. The molecule has 1 aromatic carbocycles. The Balaban J connectivity index is 1.95. The molecule has 7 heteroatoms. The van der Waals surface area contributed by atoms with Crippen LogP contribution < -0.4 is 5.56 Å². The first-order valence-electron chi connectivity index (χ1n) is 8.24. The van der Waals surface area contributed by atoms with Crippen molar-refractivity contribution in [3.05, 3.63) is 57.8 Å². The first kappa shape index (κ1) is 18.3. The van der Waals surface area contributed by atoms with Crippen LogP contribution in [0, 0.1) is 6.92 Å². The molecule has 2 heterocycles. The number of furan rings is 1. The number of fused-ring (bicyclic) bond motifs is 1. The Morgan fingerprint density at radius 1 is 1.35 bits per heavy atom. The van der Waals surface area contributed by atoms with E-state index in [1.165, 1.54) is 18.9 Å². The maximum absolute atomic E-state index is 12.8. The van der Waals surface area contributed by atoms with Gasteiger partial charge in [0.05, 0.1) is 23.8 Å². The van der Waals surface area contributed by atoms with Gasteiger partial charge < -0.3 is 9.15 Å². The minimum atomic E-state index is -0.426. The number of carbonyl (C=O) groups excluding carboxylic acids is 1. The summed E-state index contributed by atoms with van der Waals surface area (Å²) < 4.78 is 12.1. The summed E-state index contributed by atoms with van der Waals surface area (Å²) in [7, 11) is 1.34. The van der Waals surface area contributed by atoms with Gasteiger partial charge in [0.2, 0.25) is 0 Å². The lowest BCUT2D eigenvalue weighted by atomic mass is 10.2. The van der Waals surface area contributed by atoms with Gasteiger partial charge in [0, 0.05) is 6.04 Å². The highest BCUT2D eigenvalue weighted by atomic mass is 32.2. The van der Waals surface area contributed by atoms with Crippen LogP contribution in [0.3, 0.4) is 0 Å². The molecule has 0 fully saturated rings. The number of nitrogens with zero attached hydrogens (tertiary/aromatic N) is 2. The van der Waals surface area contributed by atoms with Gasteiger partial charge in [-0.1, -0.05) is 23.9 Å². The second-order valence-corrected chi connectivity index (χ2v) is 7.09. The number of carbonyl (C=O) groups is 1. The zero-order valence-electron chi connectivity index (χ0n) is 15.1. The molecule has 0 aliphatic carbocycles. The molecule has 0 amide bonds.